The van der Waals surface area contributed by atoms with Crippen molar-refractivity contribution in [2.24, 2.45) is 5.16 Å². The summed E-state index contributed by atoms with van der Waals surface area (Å²) in [5, 5.41) is 4.26. The maximum absolute atomic E-state index is 12.0. The molecule has 2 aromatic rings. The van der Waals surface area contributed by atoms with Gasteiger partial charge in [-0.15, -0.1) is 11.8 Å². The number of aryl methyl sites for hydroxylation is 1. The van der Waals surface area contributed by atoms with Crippen LogP contribution in [0.3, 0.4) is 0 Å². The highest BCUT2D eigenvalue weighted by Gasteiger charge is 2.15. The van der Waals surface area contributed by atoms with Crippen LogP contribution >= 0.6 is 11.8 Å². The van der Waals surface area contributed by atoms with Crippen molar-refractivity contribution in [1.82, 2.24) is 0 Å². The van der Waals surface area contributed by atoms with E-state index in [1.54, 1.807) is 19.1 Å². The van der Waals surface area contributed by atoms with Gasteiger partial charge >= 0.3 is 10.1 Å². The molecule has 0 aliphatic heterocycles. The van der Waals surface area contributed by atoms with Crippen molar-refractivity contribution >= 4 is 26.9 Å². The summed E-state index contributed by atoms with van der Waals surface area (Å²) in [6, 6.07) is 16.3. The predicted molar refractivity (Wildman–Crippen MR) is 90.3 cm³/mol. The fourth-order valence-corrected chi connectivity index (χ4v) is 3.11. The van der Waals surface area contributed by atoms with Gasteiger partial charge in [-0.25, -0.2) is 0 Å². The molecule has 0 saturated carbocycles. The molecular weight excluding hydrogens is 318 g/mol. The van der Waals surface area contributed by atoms with Crippen LogP contribution in [0.5, 0.6) is 0 Å². The Labute approximate surface area is 135 Å². The topological polar surface area (TPSA) is 55.7 Å². The van der Waals surface area contributed by atoms with Crippen molar-refractivity contribution in [2.45, 2.75) is 24.5 Å². The van der Waals surface area contributed by atoms with Crippen LogP contribution in [0.15, 0.2) is 64.6 Å². The molecule has 2 aromatic carbocycles. The Kier molecular flexibility index (Phi) is 5.63. The lowest BCUT2D eigenvalue weighted by atomic mass is 10.2. The molecule has 0 aliphatic rings. The number of benzene rings is 2. The van der Waals surface area contributed by atoms with Gasteiger partial charge in [-0.05, 0) is 31.5 Å². The van der Waals surface area contributed by atoms with Crippen molar-refractivity contribution in [3.05, 3.63) is 65.7 Å². The molecule has 0 N–H and O–H groups in total. The number of hydrogen-bond donors (Lipinski definition) is 0. The molecule has 0 bridgehead atoms. The Hall–Kier alpha value is -1.79. The first-order chi connectivity index (χ1) is 10.5. The molecule has 0 fully saturated rings. The van der Waals surface area contributed by atoms with E-state index in [1.165, 1.54) is 23.9 Å². The second-order valence-electron chi connectivity index (χ2n) is 4.73. The minimum absolute atomic E-state index is 0.0997. The van der Waals surface area contributed by atoms with E-state index in [-0.39, 0.29) is 4.90 Å². The second kappa shape index (κ2) is 7.47. The third kappa shape index (κ3) is 4.89. The predicted octanol–water partition coefficient (Wildman–Crippen LogP) is 3.97. The first-order valence-electron chi connectivity index (χ1n) is 6.69. The number of oxime groups is 1. The van der Waals surface area contributed by atoms with E-state index >= 15 is 0 Å². The van der Waals surface area contributed by atoms with Crippen molar-refractivity contribution in [3.8, 4) is 0 Å². The maximum Gasteiger partial charge on any atom is 0.358 e. The third-order valence-electron chi connectivity index (χ3n) is 2.86. The van der Waals surface area contributed by atoms with E-state index in [0.29, 0.717) is 10.8 Å². The lowest BCUT2D eigenvalue weighted by Gasteiger charge is -2.04. The average molecular weight is 335 g/mol. The van der Waals surface area contributed by atoms with Crippen LogP contribution < -0.4 is 0 Å². The number of nitrogens with zero attached hydrogens (tertiary/aromatic N) is 1. The summed E-state index contributed by atoms with van der Waals surface area (Å²) in [7, 11) is -3.86. The lowest BCUT2D eigenvalue weighted by Crippen LogP contribution is -2.03. The molecule has 0 atom stereocenters. The van der Waals surface area contributed by atoms with E-state index in [9.17, 15) is 8.42 Å². The first-order valence-corrected chi connectivity index (χ1v) is 9.08. The summed E-state index contributed by atoms with van der Waals surface area (Å²) in [5.74, 6) is 0.712. The molecular formula is C16H17NO3S2. The number of thioether (sulfide) groups is 1. The van der Waals surface area contributed by atoms with Crippen molar-refractivity contribution in [1.29, 1.82) is 0 Å². The zero-order chi connectivity index (χ0) is 16.0. The van der Waals surface area contributed by atoms with Crippen LogP contribution in [0.4, 0.5) is 0 Å². The fraction of sp³-hybridized carbons (Fsp3) is 0.188. The maximum atomic E-state index is 12.0. The van der Waals surface area contributed by atoms with E-state index in [1.807, 2.05) is 37.3 Å². The number of rotatable bonds is 5. The smallest absolute Gasteiger partial charge is 0.264 e. The quantitative estimate of drug-likeness (QED) is 0.471. The Morgan fingerprint density at radius 1 is 1.09 bits per heavy atom. The molecule has 6 heteroatoms. The Bertz CT molecular complexity index is 739. The van der Waals surface area contributed by atoms with Gasteiger partial charge in [-0.2, -0.15) is 8.42 Å². The molecule has 2 rings (SSSR count). The normalized spacial score (nSPS) is 12.2. The van der Waals surface area contributed by atoms with E-state index in [0.717, 1.165) is 11.1 Å². The van der Waals surface area contributed by atoms with Crippen LogP contribution in [0.2, 0.25) is 0 Å². The fourth-order valence-electron chi connectivity index (χ4n) is 1.64. The number of hydrogen-bond acceptors (Lipinski definition) is 5. The zero-order valence-corrected chi connectivity index (χ0v) is 14.0. The van der Waals surface area contributed by atoms with Gasteiger partial charge in [0.05, 0.1) is 0 Å². The van der Waals surface area contributed by atoms with Gasteiger partial charge in [0.1, 0.15) is 9.94 Å². The molecule has 0 aromatic heterocycles. The highest BCUT2D eigenvalue weighted by atomic mass is 32.2. The standard InChI is InChI=1S/C16H17NO3S2/c1-13-8-10-16(11-9-13)22(18,19)20-17-14(2)21-12-15-6-4-3-5-7-15/h3-11H,12H2,1-2H3/b17-14-. The zero-order valence-electron chi connectivity index (χ0n) is 12.4. The van der Waals surface area contributed by atoms with Crippen LogP contribution in [-0.4, -0.2) is 13.5 Å². The molecule has 0 amide bonds. The monoisotopic (exact) mass is 335 g/mol. The van der Waals surface area contributed by atoms with Crippen LogP contribution in [0.1, 0.15) is 18.1 Å². The van der Waals surface area contributed by atoms with Crippen LogP contribution in [-0.2, 0) is 20.2 Å². The summed E-state index contributed by atoms with van der Waals surface area (Å²) in [5.41, 5.74) is 2.13. The molecule has 0 aliphatic carbocycles. The van der Waals surface area contributed by atoms with E-state index < -0.39 is 10.1 Å². The van der Waals surface area contributed by atoms with E-state index in [2.05, 4.69) is 5.16 Å². The first kappa shape index (κ1) is 16.6. The molecule has 0 radical (unpaired) electrons. The Morgan fingerprint density at radius 3 is 2.36 bits per heavy atom. The van der Waals surface area contributed by atoms with Crippen LogP contribution in [0, 0.1) is 6.92 Å². The van der Waals surface area contributed by atoms with Gasteiger partial charge in [-0.1, -0.05) is 53.2 Å². The minimum Gasteiger partial charge on any atom is -0.264 e. The Balaban J connectivity index is 1.96. The summed E-state index contributed by atoms with van der Waals surface area (Å²) >= 11 is 1.43. The van der Waals surface area contributed by atoms with Gasteiger partial charge in [0, 0.05) is 5.75 Å². The molecule has 22 heavy (non-hydrogen) atoms. The lowest BCUT2D eigenvalue weighted by molar-refractivity contribution is 0.340. The van der Waals surface area contributed by atoms with Crippen molar-refractivity contribution in [2.75, 3.05) is 0 Å². The summed E-state index contributed by atoms with van der Waals surface area (Å²) in [4.78, 5) is 0.0997. The van der Waals surface area contributed by atoms with Gasteiger partial charge in [-0.3, -0.25) is 4.28 Å². The summed E-state index contributed by atoms with van der Waals surface area (Å²) < 4.78 is 28.7. The molecule has 4 nitrogen and oxygen atoms in total. The van der Waals surface area contributed by atoms with Gasteiger partial charge in [0.2, 0.25) is 0 Å². The minimum atomic E-state index is -3.86. The van der Waals surface area contributed by atoms with E-state index in [4.69, 9.17) is 4.28 Å². The summed E-state index contributed by atoms with van der Waals surface area (Å²) in [6.07, 6.45) is 0. The molecule has 0 heterocycles. The van der Waals surface area contributed by atoms with Gasteiger partial charge in [0.15, 0.2) is 0 Å². The van der Waals surface area contributed by atoms with Crippen molar-refractivity contribution < 1.29 is 12.7 Å². The third-order valence-corrected chi connectivity index (χ3v) is 4.95. The molecule has 0 saturated heterocycles. The van der Waals surface area contributed by atoms with Crippen molar-refractivity contribution in [3.63, 3.8) is 0 Å². The van der Waals surface area contributed by atoms with Gasteiger partial charge in [0.25, 0.3) is 0 Å². The second-order valence-corrected chi connectivity index (χ2v) is 7.42. The highest BCUT2D eigenvalue weighted by Crippen LogP contribution is 2.17. The average Bonchev–Trinajstić information content (AvgIpc) is 2.52. The van der Waals surface area contributed by atoms with Gasteiger partial charge < -0.3 is 0 Å². The highest BCUT2D eigenvalue weighted by molar-refractivity contribution is 8.13. The van der Waals surface area contributed by atoms with Crippen LogP contribution in [0.25, 0.3) is 0 Å². The largest absolute Gasteiger partial charge is 0.358 e. The Morgan fingerprint density at radius 2 is 1.73 bits per heavy atom. The molecule has 0 unspecified atom stereocenters. The SMILES string of the molecule is C/C(=N/OS(=O)(=O)c1ccc(C)cc1)SCc1ccccc1. The summed E-state index contributed by atoms with van der Waals surface area (Å²) in [6.45, 7) is 3.61. The molecule has 116 valence electrons. The molecule has 0 spiro atoms.